The predicted octanol–water partition coefficient (Wildman–Crippen LogP) is 3.28. The van der Waals surface area contributed by atoms with E-state index in [4.69, 9.17) is 0 Å². The van der Waals surface area contributed by atoms with E-state index in [-0.39, 0.29) is 16.8 Å². The summed E-state index contributed by atoms with van der Waals surface area (Å²) in [7, 11) is -3.61. The normalized spacial score (nSPS) is 16.7. The summed E-state index contributed by atoms with van der Waals surface area (Å²) in [5.74, 6) is 0.152. The molecule has 28 heavy (non-hydrogen) atoms. The second-order valence-electron chi connectivity index (χ2n) is 7.32. The molecule has 8 heteroatoms. The second kappa shape index (κ2) is 8.73. The number of hydrogen-bond donors (Lipinski definition) is 3. The minimum Gasteiger partial charge on any atom is -0.322 e. The zero-order valence-electron chi connectivity index (χ0n) is 16.4. The van der Waals surface area contributed by atoms with Crippen LogP contribution in [0.4, 0.5) is 5.69 Å². The summed E-state index contributed by atoms with van der Waals surface area (Å²) in [6.45, 7) is 7.47. The fourth-order valence-corrected chi connectivity index (χ4v) is 5.60. The maximum Gasteiger partial charge on any atom is 0.256 e. The zero-order chi connectivity index (χ0) is 20.3. The van der Waals surface area contributed by atoms with Gasteiger partial charge in [-0.2, -0.15) is 0 Å². The number of thiophene rings is 1. The highest BCUT2D eigenvalue weighted by molar-refractivity contribution is 7.89. The molecule has 0 bridgehead atoms. The van der Waals surface area contributed by atoms with Gasteiger partial charge in [0.15, 0.2) is 0 Å². The summed E-state index contributed by atoms with van der Waals surface area (Å²) in [5.41, 5.74) is 1.96. The van der Waals surface area contributed by atoms with E-state index >= 15 is 0 Å². The third-order valence-electron chi connectivity index (χ3n) is 5.29. The number of carbonyl (C=O) groups excluding carboxylic acids is 1. The molecular weight excluding hydrogens is 394 g/mol. The summed E-state index contributed by atoms with van der Waals surface area (Å²) in [5, 5.41) is 8.04. The topological polar surface area (TPSA) is 87.3 Å². The van der Waals surface area contributed by atoms with Gasteiger partial charge in [0, 0.05) is 16.6 Å². The summed E-state index contributed by atoms with van der Waals surface area (Å²) >= 11 is 1.52. The fourth-order valence-electron chi connectivity index (χ4n) is 3.51. The summed E-state index contributed by atoms with van der Waals surface area (Å²) < 4.78 is 28.4. The van der Waals surface area contributed by atoms with Crippen molar-refractivity contribution >= 4 is 33.0 Å². The molecule has 2 aromatic rings. The van der Waals surface area contributed by atoms with E-state index in [9.17, 15) is 13.2 Å². The minimum absolute atomic E-state index is 0.117. The van der Waals surface area contributed by atoms with Gasteiger partial charge in [0.25, 0.3) is 5.91 Å². The van der Waals surface area contributed by atoms with Crippen LogP contribution in [0.15, 0.2) is 34.5 Å². The lowest BCUT2D eigenvalue weighted by Gasteiger charge is -2.28. The van der Waals surface area contributed by atoms with Crippen LogP contribution < -0.4 is 15.4 Å². The number of piperidine rings is 1. The molecular formula is C20H27N3O3S2. The van der Waals surface area contributed by atoms with Gasteiger partial charge in [0.1, 0.15) is 0 Å². The third kappa shape index (κ3) is 4.81. The van der Waals surface area contributed by atoms with Crippen LogP contribution in [-0.2, 0) is 10.0 Å². The molecule has 152 valence electrons. The Morgan fingerprint density at radius 1 is 1.21 bits per heavy atom. The van der Waals surface area contributed by atoms with Crippen LogP contribution in [-0.4, -0.2) is 33.5 Å². The molecule has 1 aromatic heterocycles. The molecule has 1 fully saturated rings. The van der Waals surface area contributed by atoms with Crippen LogP contribution in [0.5, 0.6) is 0 Å². The molecule has 1 aliphatic heterocycles. The van der Waals surface area contributed by atoms with Crippen LogP contribution in [0.2, 0.25) is 0 Å². The molecule has 1 atom stereocenters. The number of rotatable bonds is 6. The summed E-state index contributed by atoms with van der Waals surface area (Å²) in [6, 6.07) is 6.47. The predicted molar refractivity (Wildman–Crippen MR) is 114 cm³/mol. The fraction of sp³-hybridized carbons (Fsp3) is 0.450. The lowest BCUT2D eigenvalue weighted by atomic mass is 9.92. The van der Waals surface area contributed by atoms with E-state index in [0.29, 0.717) is 22.7 Å². The quantitative estimate of drug-likeness (QED) is 0.668. The Morgan fingerprint density at radius 2 is 1.93 bits per heavy atom. The molecule has 1 saturated heterocycles. The van der Waals surface area contributed by atoms with Crippen molar-refractivity contribution in [3.8, 4) is 0 Å². The molecule has 3 rings (SSSR count). The van der Waals surface area contributed by atoms with Crippen LogP contribution in [0.3, 0.4) is 0 Å². The van der Waals surface area contributed by atoms with Crippen LogP contribution in [0.1, 0.15) is 40.6 Å². The lowest BCUT2D eigenvalue weighted by Crippen LogP contribution is -2.42. The van der Waals surface area contributed by atoms with Gasteiger partial charge in [-0.1, -0.05) is 0 Å². The molecule has 6 nitrogen and oxygen atoms in total. The largest absolute Gasteiger partial charge is 0.322 e. The highest BCUT2D eigenvalue weighted by Gasteiger charge is 2.25. The van der Waals surface area contributed by atoms with Gasteiger partial charge in [0.2, 0.25) is 10.0 Å². The van der Waals surface area contributed by atoms with E-state index < -0.39 is 10.0 Å². The number of amides is 1. The standard InChI is InChI=1S/C20H27N3O3S2/c1-13-12-17(28(25,26)23-14(2)16-6-9-21-10-7-16)4-5-19(13)22-20(24)18-8-11-27-15(18)3/h4-5,8,11-12,14,16,21,23H,6-7,9-10H2,1-3H3,(H,22,24)/t14-/m1/s1. The number of nitrogens with one attached hydrogen (secondary N) is 3. The second-order valence-corrected chi connectivity index (χ2v) is 10.2. The molecule has 2 heterocycles. The van der Waals surface area contributed by atoms with E-state index in [1.54, 1.807) is 31.2 Å². The van der Waals surface area contributed by atoms with Crippen molar-refractivity contribution in [2.75, 3.05) is 18.4 Å². The molecule has 1 aliphatic rings. The number of sulfonamides is 1. The molecule has 0 aliphatic carbocycles. The van der Waals surface area contributed by atoms with E-state index in [2.05, 4.69) is 15.4 Å². The number of aryl methyl sites for hydroxylation is 2. The number of anilines is 1. The van der Waals surface area contributed by atoms with Crippen LogP contribution in [0, 0.1) is 19.8 Å². The van der Waals surface area contributed by atoms with Crippen molar-refractivity contribution in [3.05, 3.63) is 45.6 Å². The Kier molecular flexibility index (Phi) is 6.54. The van der Waals surface area contributed by atoms with Gasteiger partial charge >= 0.3 is 0 Å². The van der Waals surface area contributed by atoms with Gasteiger partial charge in [-0.25, -0.2) is 13.1 Å². The van der Waals surface area contributed by atoms with Crippen molar-refractivity contribution in [1.82, 2.24) is 10.0 Å². The van der Waals surface area contributed by atoms with E-state index in [1.165, 1.54) is 11.3 Å². The third-order valence-corrected chi connectivity index (χ3v) is 7.69. The van der Waals surface area contributed by atoms with Gasteiger partial charge in [0.05, 0.1) is 10.5 Å². The molecule has 3 N–H and O–H groups in total. The Morgan fingerprint density at radius 3 is 2.54 bits per heavy atom. The number of carbonyl (C=O) groups is 1. The molecule has 0 spiro atoms. The minimum atomic E-state index is -3.61. The maximum absolute atomic E-state index is 12.8. The van der Waals surface area contributed by atoms with Crippen LogP contribution in [0.25, 0.3) is 0 Å². The summed E-state index contributed by atoms with van der Waals surface area (Å²) in [4.78, 5) is 13.6. The Bertz CT molecular complexity index is 947. The van der Waals surface area contributed by atoms with E-state index in [0.717, 1.165) is 30.8 Å². The van der Waals surface area contributed by atoms with Crippen molar-refractivity contribution < 1.29 is 13.2 Å². The zero-order valence-corrected chi connectivity index (χ0v) is 18.0. The number of hydrogen-bond acceptors (Lipinski definition) is 5. The van der Waals surface area contributed by atoms with Crippen molar-refractivity contribution in [3.63, 3.8) is 0 Å². The highest BCUT2D eigenvalue weighted by atomic mass is 32.2. The highest BCUT2D eigenvalue weighted by Crippen LogP contribution is 2.23. The van der Waals surface area contributed by atoms with Crippen molar-refractivity contribution in [1.29, 1.82) is 0 Å². The van der Waals surface area contributed by atoms with Crippen molar-refractivity contribution in [2.24, 2.45) is 5.92 Å². The Labute approximate surface area is 170 Å². The van der Waals surface area contributed by atoms with Gasteiger partial charge < -0.3 is 10.6 Å². The smallest absolute Gasteiger partial charge is 0.256 e. The van der Waals surface area contributed by atoms with Gasteiger partial charge in [-0.15, -0.1) is 11.3 Å². The Balaban J connectivity index is 1.71. The molecule has 1 amide bonds. The first-order valence-corrected chi connectivity index (χ1v) is 11.8. The first-order chi connectivity index (χ1) is 13.3. The van der Waals surface area contributed by atoms with Crippen molar-refractivity contribution in [2.45, 2.75) is 44.6 Å². The first-order valence-electron chi connectivity index (χ1n) is 9.47. The molecule has 0 saturated carbocycles. The summed E-state index contributed by atoms with van der Waals surface area (Å²) in [6.07, 6.45) is 1.94. The Hall–Kier alpha value is -1.74. The molecule has 0 unspecified atom stereocenters. The average Bonchev–Trinajstić information content (AvgIpc) is 3.09. The number of benzene rings is 1. The van der Waals surface area contributed by atoms with Crippen LogP contribution >= 0.6 is 11.3 Å². The van der Waals surface area contributed by atoms with Gasteiger partial charge in [-0.05, 0) is 87.8 Å². The average molecular weight is 422 g/mol. The van der Waals surface area contributed by atoms with E-state index in [1.807, 2.05) is 19.2 Å². The SMILES string of the molecule is Cc1cc(S(=O)(=O)N[C@H](C)C2CCNCC2)ccc1NC(=O)c1ccsc1C. The first kappa shape index (κ1) is 21.0. The molecule has 1 aromatic carbocycles. The lowest BCUT2D eigenvalue weighted by molar-refractivity contribution is 0.102. The maximum atomic E-state index is 12.8. The monoisotopic (exact) mass is 421 g/mol. The van der Waals surface area contributed by atoms with Gasteiger partial charge in [-0.3, -0.25) is 4.79 Å². The molecule has 0 radical (unpaired) electrons.